The third-order valence-electron chi connectivity index (χ3n) is 3.96. The first-order chi connectivity index (χ1) is 9.72. The normalized spacial score (nSPS) is 16.6. The smallest absolute Gasteiger partial charge is 0.0917 e. The van der Waals surface area contributed by atoms with Gasteiger partial charge < -0.3 is 10.8 Å². The molecule has 0 amide bonds. The van der Waals surface area contributed by atoms with Gasteiger partial charge in [0.15, 0.2) is 0 Å². The van der Waals surface area contributed by atoms with E-state index in [-0.39, 0.29) is 0 Å². The number of aliphatic hydroxyl groups is 1. The lowest BCUT2D eigenvalue weighted by Crippen LogP contribution is -2.33. The molecule has 0 bridgehead atoms. The number of aliphatic hydroxyl groups excluding tert-OH is 1. The standard InChI is InChI=1S/C17H20N2O/c18-16-7-5-14(6-8-16)17(20)12-19-10-9-13-3-1-2-4-15(13)11-19/h1-8,17,20H,9-12,18H2. The molecule has 0 radical (unpaired) electrons. The van der Waals surface area contributed by atoms with E-state index in [1.807, 2.05) is 24.3 Å². The average molecular weight is 268 g/mol. The molecule has 3 heteroatoms. The van der Waals surface area contributed by atoms with Gasteiger partial charge in [0, 0.05) is 25.3 Å². The predicted molar refractivity (Wildman–Crippen MR) is 81.2 cm³/mol. The van der Waals surface area contributed by atoms with Crippen LogP contribution in [-0.4, -0.2) is 23.1 Å². The van der Waals surface area contributed by atoms with Gasteiger partial charge in [0.2, 0.25) is 0 Å². The van der Waals surface area contributed by atoms with E-state index in [1.54, 1.807) is 0 Å². The lowest BCUT2D eigenvalue weighted by molar-refractivity contribution is 0.106. The van der Waals surface area contributed by atoms with Crippen molar-refractivity contribution in [3.63, 3.8) is 0 Å². The van der Waals surface area contributed by atoms with Crippen LogP contribution in [0.3, 0.4) is 0 Å². The molecule has 1 atom stereocenters. The van der Waals surface area contributed by atoms with Crippen LogP contribution in [0.15, 0.2) is 48.5 Å². The van der Waals surface area contributed by atoms with E-state index in [0.717, 1.165) is 30.8 Å². The number of anilines is 1. The number of fused-ring (bicyclic) bond motifs is 1. The Labute approximate surface area is 119 Å². The second-order valence-corrected chi connectivity index (χ2v) is 5.44. The first-order valence-electron chi connectivity index (χ1n) is 7.05. The molecular weight excluding hydrogens is 248 g/mol. The summed E-state index contributed by atoms with van der Waals surface area (Å²) in [5.41, 5.74) is 10.1. The maximum atomic E-state index is 10.3. The molecule has 0 spiro atoms. The quantitative estimate of drug-likeness (QED) is 0.840. The molecule has 20 heavy (non-hydrogen) atoms. The molecule has 1 unspecified atom stereocenters. The zero-order valence-electron chi connectivity index (χ0n) is 11.5. The maximum Gasteiger partial charge on any atom is 0.0917 e. The van der Waals surface area contributed by atoms with E-state index < -0.39 is 6.10 Å². The Kier molecular flexibility index (Phi) is 3.72. The van der Waals surface area contributed by atoms with Gasteiger partial charge in [-0.1, -0.05) is 36.4 Å². The van der Waals surface area contributed by atoms with Crippen LogP contribution >= 0.6 is 0 Å². The van der Waals surface area contributed by atoms with Gasteiger partial charge in [0.05, 0.1) is 6.10 Å². The zero-order valence-corrected chi connectivity index (χ0v) is 11.5. The molecule has 3 rings (SSSR count). The number of nitrogens with two attached hydrogens (primary N) is 1. The highest BCUT2D eigenvalue weighted by Gasteiger charge is 2.19. The molecule has 0 fully saturated rings. The van der Waals surface area contributed by atoms with Crippen LogP contribution < -0.4 is 5.73 Å². The summed E-state index contributed by atoms with van der Waals surface area (Å²) >= 11 is 0. The lowest BCUT2D eigenvalue weighted by atomic mass is 9.99. The van der Waals surface area contributed by atoms with Gasteiger partial charge in [-0.25, -0.2) is 0 Å². The Morgan fingerprint density at radius 1 is 1.05 bits per heavy atom. The number of β-amino-alcohol motifs (C(OH)–C–C–N with tert-alkyl or cyclic N) is 1. The van der Waals surface area contributed by atoms with Crippen molar-refractivity contribution in [1.29, 1.82) is 0 Å². The monoisotopic (exact) mass is 268 g/mol. The highest BCUT2D eigenvalue weighted by Crippen LogP contribution is 2.22. The van der Waals surface area contributed by atoms with Gasteiger partial charge in [-0.3, -0.25) is 4.90 Å². The number of rotatable bonds is 3. The third-order valence-corrected chi connectivity index (χ3v) is 3.96. The van der Waals surface area contributed by atoms with Crippen LogP contribution in [0, 0.1) is 0 Å². The second kappa shape index (κ2) is 5.65. The molecule has 0 saturated carbocycles. The zero-order chi connectivity index (χ0) is 13.9. The highest BCUT2D eigenvalue weighted by molar-refractivity contribution is 5.40. The summed E-state index contributed by atoms with van der Waals surface area (Å²) in [6.07, 6.45) is 0.603. The molecule has 0 aromatic heterocycles. The number of benzene rings is 2. The fourth-order valence-corrected chi connectivity index (χ4v) is 2.78. The van der Waals surface area contributed by atoms with Gasteiger partial charge in [-0.2, -0.15) is 0 Å². The molecule has 2 aromatic carbocycles. The van der Waals surface area contributed by atoms with Crippen molar-refractivity contribution in [2.75, 3.05) is 18.8 Å². The number of nitrogen functional groups attached to an aromatic ring is 1. The minimum Gasteiger partial charge on any atom is -0.399 e. The number of hydrogen-bond acceptors (Lipinski definition) is 3. The molecule has 1 aliphatic heterocycles. The molecule has 1 heterocycles. The Hall–Kier alpha value is -1.84. The molecule has 1 aliphatic rings. The summed E-state index contributed by atoms with van der Waals surface area (Å²) in [6, 6.07) is 16.0. The van der Waals surface area contributed by atoms with Gasteiger partial charge in [0.25, 0.3) is 0 Å². The van der Waals surface area contributed by atoms with Crippen molar-refractivity contribution in [1.82, 2.24) is 4.90 Å². The minimum absolute atomic E-state index is 0.458. The van der Waals surface area contributed by atoms with Crippen LogP contribution in [0.1, 0.15) is 22.8 Å². The van der Waals surface area contributed by atoms with Gasteiger partial charge in [-0.05, 0) is 35.2 Å². The largest absolute Gasteiger partial charge is 0.399 e. The second-order valence-electron chi connectivity index (χ2n) is 5.44. The van der Waals surface area contributed by atoms with Crippen LogP contribution in [0.25, 0.3) is 0 Å². The summed E-state index contributed by atoms with van der Waals surface area (Å²) < 4.78 is 0. The number of nitrogens with zero attached hydrogens (tertiary/aromatic N) is 1. The summed E-state index contributed by atoms with van der Waals surface area (Å²) in [5.74, 6) is 0. The third kappa shape index (κ3) is 2.84. The van der Waals surface area contributed by atoms with Gasteiger partial charge >= 0.3 is 0 Å². The SMILES string of the molecule is Nc1ccc(C(O)CN2CCc3ccccc3C2)cc1. The van der Waals surface area contributed by atoms with Crippen LogP contribution in [-0.2, 0) is 13.0 Å². The average Bonchev–Trinajstić information content (AvgIpc) is 2.48. The van der Waals surface area contributed by atoms with E-state index in [2.05, 4.69) is 29.2 Å². The van der Waals surface area contributed by atoms with Crippen LogP contribution in [0.5, 0.6) is 0 Å². The van der Waals surface area contributed by atoms with Crippen molar-refractivity contribution in [3.05, 3.63) is 65.2 Å². The molecule has 0 saturated heterocycles. The minimum atomic E-state index is -0.458. The van der Waals surface area contributed by atoms with E-state index in [9.17, 15) is 5.11 Å². The molecule has 3 nitrogen and oxygen atoms in total. The van der Waals surface area contributed by atoms with Crippen molar-refractivity contribution in [3.8, 4) is 0 Å². The Morgan fingerprint density at radius 2 is 1.75 bits per heavy atom. The fraction of sp³-hybridized carbons (Fsp3) is 0.294. The first-order valence-corrected chi connectivity index (χ1v) is 7.05. The highest BCUT2D eigenvalue weighted by atomic mass is 16.3. The number of hydrogen-bond donors (Lipinski definition) is 2. The van der Waals surface area contributed by atoms with E-state index in [0.29, 0.717) is 6.54 Å². The van der Waals surface area contributed by atoms with Crippen molar-refractivity contribution in [2.24, 2.45) is 0 Å². The van der Waals surface area contributed by atoms with Crippen molar-refractivity contribution in [2.45, 2.75) is 19.1 Å². The summed E-state index contributed by atoms with van der Waals surface area (Å²) in [4.78, 5) is 2.31. The first kappa shape index (κ1) is 13.2. The summed E-state index contributed by atoms with van der Waals surface area (Å²) in [5, 5.41) is 10.3. The molecule has 3 N–H and O–H groups in total. The van der Waals surface area contributed by atoms with Crippen molar-refractivity contribution < 1.29 is 5.11 Å². The lowest BCUT2D eigenvalue weighted by Gasteiger charge is -2.30. The Bertz CT molecular complexity index is 580. The van der Waals surface area contributed by atoms with Gasteiger partial charge in [-0.15, -0.1) is 0 Å². The molecular formula is C17H20N2O. The van der Waals surface area contributed by atoms with Crippen molar-refractivity contribution >= 4 is 5.69 Å². The van der Waals surface area contributed by atoms with E-state index in [4.69, 9.17) is 5.73 Å². The molecule has 2 aromatic rings. The van der Waals surface area contributed by atoms with E-state index >= 15 is 0 Å². The predicted octanol–water partition coefficient (Wildman–Crippen LogP) is 2.36. The maximum absolute atomic E-state index is 10.3. The topological polar surface area (TPSA) is 49.5 Å². The summed E-state index contributed by atoms with van der Waals surface area (Å²) in [6.45, 7) is 2.59. The Balaban J connectivity index is 1.66. The fourth-order valence-electron chi connectivity index (χ4n) is 2.78. The van der Waals surface area contributed by atoms with E-state index in [1.165, 1.54) is 11.1 Å². The van der Waals surface area contributed by atoms with Crippen LogP contribution in [0.2, 0.25) is 0 Å². The molecule has 104 valence electrons. The van der Waals surface area contributed by atoms with Gasteiger partial charge in [0.1, 0.15) is 0 Å². The Morgan fingerprint density at radius 3 is 2.50 bits per heavy atom. The summed E-state index contributed by atoms with van der Waals surface area (Å²) in [7, 11) is 0. The van der Waals surface area contributed by atoms with Crippen LogP contribution in [0.4, 0.5) is 5.69 Å². The molecule has 0 aliphatic carbocycles.